The first-order chi connectivity index (χ1) is 9.40. The summed E-state index contributed by atoms with van der Waals surface area (Å²) in [6, 6.07) is 5.20. The van der Waals surface area contributed by atoms with Crippen LogP contribution in [0.25, 0.3) is 0 Å². The maximum absolute atomic E-state index is 12.7. The average Bonchev–Trinajstić information content (AvgIpc) is 2.43. The number of nitrogens with two attached hydrogens (primary N) is 1. The van der Waals surface area contributed by atoms with E-state index in [9.17, 15) is 14.0 Å². The zero-order valence-electron chi connectivity index (χ0n) is 11.7. The van der Waals surface area contributed by atoms with Gasteiger partial charge in [0.15, 0.2) is 0 Å². The molecule has 1 rings (SSSR count). The molecule has 0 unspecified atom stereocenters. The first kappa shape index (κ1) is 16.1. The van der Waals surface area contributed by atoms with E-state index in [-0.39, 0.29) is 36.6 Å². The average molecular weight is 281 g/mol. The molecule has 0 aliphatic heterocycles. The Bertz CT molecular complexity index is 460. The Morgan fingerprint density at radius 3 is 2.35 bits per heavy atom. The highest BCUT2D eigenvalue weighted by Gasteiger charge is 2.17. The molecule has 1 atom stereocenters. The molecular weight excluding hydrogens is 261 g/mol. The molecule has 1 aromatic carbocycles. The topological polar surface area (TPSA) is 84.2 Å². The second kappa shape index (κ2) is 7.59. The number of amides is 2. The van der Waals surface area contributed by atoms with Gasteiger partial charge in [0.25, 0.3) is 0 Å². The van der Waals surface area contributed by atoms with Gasteiger partial charge in [0.1, 0.15) is 5.82 Å². The Morgan fingerprint density at radius 2 is 1.80 bits per heavy atom. The van der Waals surface area contributed by atoms with Gasteiger partial charge < -0.3 is 16.4 Å². The number of nitrogens with one attached hydrogen (secondary N) is 2. The lowest BCUT2D eigenvalue weighted by Gasteiger charge is -2.15. The molecule has 4 N–H and O–H groups in total. The summed E-state index contributed by atoms with van der Waals surface area (Å²) in [4.78, 5) is 23.1. The van der Waals surface area contributed by atoms with E-state index in [2.05, 4.69) is 10.6 Å². The molecule has 1 aromatic rings. The van der Waals surface area contributed by atoms with Crippen molar-refractivity contribution in [3.63, 3.8) is 0 Å². The molecule has 20 heavy (non-hydrogen) atoms. The number of rotatable bonds is 6. The van der Waals surface area contributed by atoms with Crippen LogP contribution in [0.2, 0.25) is 0 Å². The van der Waals surface area contributed by atoms with Gasteiger partial charge in [-0.1, -0.05) is 26.0 Å². The summed E-state index contributed by atoms with van der Waals surface area (Å²) in [5.41, 5.74) is 6.43. The van der Waals surface area contributed by atoms with Gasteiger partial charge in [-0.15, -0.1) is 0 Å². The maximum atomic E-state index is 12.7. The van der Waals surface area contributed by atoms with Crippen LogP contribution >= 0.6 is 0 Å². The fourth-order valence-electron chi connectivity index (χ4n) is 1.45. The fourth-order valence-corrected chi connectivity index (χ4v) is 1.45. The van der Waals surface area contributed by atoms with E-state index in [0.29, 0.717) is 0 Å². The molecule has 0 heterocycles. The largest absolute Gasteiger partial charge is 0.350 e. The van der Waals surface area contributed by atoms with Crippen molar-refractivity contribution in [1.82, 2.24) is 10.6 Å². The summed E-state index contributed by atoms with van der Waals surface area (Å²) in [6.07, 6.45) is 0. The molecule has 0 aromatic heterocycles. The van der Waals surface area contributed by atoms with Crippen LogP contribution in [0.3, 0.4) is 0 Å². The van der Waals surface area contributed by atoms with Crippen LogP contribution in [0.15, 0.2) is 24.3 Å². The van der Waals surface area contributed by atoms with Crippen molar-refractivity contribution in [3.05, 3.63) is 35.6 Å². The monoisotopic (exact) mass is 281 g/mol. The molecule has 2 amide bonds. The molecule has 0 fully saturated rings. The van der Waals surface area contributed by atoms with Crippen LogP contribution in [-0.4, -0.2) is 24.4 Å². The van der Waals surface area contributed by atoms with E-state index in [4.69, 9.17) is 5.73 Å². The molecular formula is C14H20FN3O2. The third kappa shape index (κ3) is 5.36. The van der Waals surface area contributed by atoms with Crippen molar-refractivity contribution in [2.75, 3.05) is 6.54 Å². The van der Waals surface area contributed by atoms with Crippen molar-refractivity contribution in [3.8, 4) is 0 Å². The van der Waals surface area contributed by atoms with Gasteiger partial charge in [-0.2, -0.15) is 0 Å². The molecule has 0 spiro atoms. The van der Waals surface area contributed by atoms with Gasteiger partial charge in [0.05, 0.1) is 12.6 Å². The minimum Gasteiger partial charge on any atom is -0.350 e. The molecule has 0 aliphatic carbocycles. The lowest BCUT2D eigenvalue weighted by molar-refractivity contribution is -0.127. The molecule has 0 bridgehead atoms. The summed E-state index contributed by atoms with van der Waals surface area (Å²) in [6.45, 7) is 3.82. The number of hydrogen-bond donors (Lipinski definition) is 3. The minimum absolute atomic E-state index is 0.0114. The zero-order chi connectivity index (χ0) is 15.1. The third-order valence-electron chi connectivity index (χ3n) is 2.85. The van der Waals surface area contributed by atoms with E-state index < -0.39 is 6.04 Å². The van der Waals surface area contributed by atoms with Crippen molar-refractivity contribution in [2.24, 2.45) is 11.7 Å². The van der Waals surface area contributed by atoms with Crippen molar-refractivity contribution in [2.45, 2.75) is 26.4 Å². The highest BCUT2D eigenvalue weighted by molar-refractivity contribution is 5.87. The fraction of sp³-hybridized carbons (Fsp3) is 0.429. The lowest BCUT2D eigenvalue weighted by Crippen LogP contribution is -2.47. The highest BCUT2D eigenvalue weighted by Crippen LogP contribution is 2.01. The van der Waals surface area contributed by atoms with Crippen LogP contribution in [0.5, 0.6) is 0 Å². The Morgan fingerprint density at radius 1 is 1.20 bits per heavy atom. The van der Waals surface area contributed by atoms with Gasteiger partial charge in [-0.25, -0.2) is 4.39 Å². The minimum atomic E-state index is -0.625. The van der Waals surface area contributed by atoms with E-state index in [0.717, 1.165) is 5.56 Å². The van der Waals surface area contributed by atoms with E-state index in [1.54, 1.807) is 12.1 Å². The molecule has 0 radical (unpaired) electrons. The van der Waals surface area contributed by atoms with Crippen molar-refractivity contribution < 1.29 is 14.0 Å². The van der Waals surface area contributed by atoms with Gasteiger partial charge in [-0.3, -0.25) is 9.59 Å². The summed E-state index contributed by atoms with van der Waals surface area (Å²) >= 11 is 0. The second-order valence-electron chi connectivity index (χ2n) is 4.89. The van der Waals surface area contributed by atoms with Crippen LogP contribution in [0.4, 0.5) is 4.39 Å². The summed E-state index contributed by atoms with van der Waals surface area (Å²) in [5.74, 6) is -0.983. The smallest absolute Gasteiger partial charge is 0.239 e. The van der Waals surface area contributed by atoms with Gasteiger partial charge in [0, 0.05) is 6.54 Å². The maximum Gasteiger partial charge on any atom is 0.239 e. The summed E-state index contributed by atoms with van der Waals surface area (Å²) < 4.78 is 12.7. The molecule has 0 saturated carbocycles. The number of hydrogen-bond acceptors (Lipinski definition) is 3. The van der Waals surface area contributed by atoms with Crippen LogP contribution in [0.1, 0.15) is 19.4 Å². The Labute approximate surface area is 117 Å². The van der Waals surface area contributed by atoms with Crippen molar-refractivity contribution in [1.29, 1.82) is 0 Å². The first-order valence-corrected chi connectivity index (χ1v) is 6.44. The molecule has 0 saturated heterocycles. The Balaban J connectivity index is 2.30. The summed E-state index contributed by atoms with van der Waals surface area (Å²) in [5, 5.41) is 5.10. The molecule has 6 heteroatoms. The molecule has 5 nitrogen and oxygen atoms in total. The lowest BCUT2D eigenvalue weighted by atomic mass is 10.1. The first-order valence-electron chi connectivity index (χ1n) is 6.44. The van der Waals surface area contributed by atoms with Gasteiger partial charge in [0.2, 0.25) is 11.8 Å². The van der Waals surface area contributed by atoms with Gasteiger partial charge in [-0.05, 0) is 23.6 Å². The van der Waals surface area contributed by atoms with E-state index in [1.807, 2.05) is 13.8 Å². The van der Waals surface area contributed by atoms with Crippen LogP contribution in [-0.2, 0) is 16.1 Å². The van der Waals surface area contributed by atoms with Crippen LogP contribution < -0.4 is 16.4 Å². The zero-order valence-corrected chi connectivity index (χ0v) is 11.7. The quantitative estimate of drug-likeness (QED) is 0.711. The Hall–Kier alpha value is -1.95. The molecule has 0 aliphatic rings. The predicted octanol–water partition coefficient (Wildman–Crippen LogP) is 0.541. The highest BCUT2D eigenvalue weighted by atomic mass is 19.1. The second-order valence-corrected chi connectivity index (χ2v) is 4.89. The van der Waals surface area contributed by atoms with Gasteiger partial charge >= 0.3 is 0 Å². The number of carbonyl (C=O) groups excluding carboxylic acids is 2. The van der Waals surface area contributed by atoms with Crippen LogP contribution in [0, 0.1) is 11.7 Å². The Kier molecular flexibility index (Phi) is 6.11. The number of halogens is 1. The SMILES string of the molecule is CC(C)[C@H](N)C(=O)NCC(=O)NCc1ccc(F)cc1. The standard InChI is InChI=1S/C14H20FN3O2/c1-9(2)13(16)14(20)18-8-12(19)17-7-10-3-5-11(15)6-4-10/h3-6,9,13H,7-8,16H2,1-2H3,(H,17,19)(H,18,20)/t13-/m0/s1. The number of benzene rings is 1. The van der Waals surface area contributed by atoms with E-state index in [1.165, 1.54) is 12.1 Å². The normalized spacial score (nSPS) is 12.1. The summed E-state index contributed by atoms with van der Waals surface area (Å²) in [7, 11) is 0. The van der Waals surface area contributed by atoms with Crippen molar-refractivity contribution >= 4 is 11.8 Å². The number of carbonyl (C=O) groups is 2. The predicted molar refractivity (Wildman–Crippen MR) is 74.1 cm³/mol. The van der Waals surface area contributed by atoms with E-state index >= 15 is 0 Å². The third-order valence-corrected chi connectivity index (χ3v) is 2.85. The molecule has 110 valence electrons.